The molecule has 0 heterocycles. The van der Waals surface area contributed by atoms with E-state index in [1.165, 1.54) is 10.5 Å². The van der Waals surface area contributed by atoms with Crippen LogP contribution in [0.3, 0.4) is 0 Å². The summed E-state index contributed by atoms with van der Waals surface area (Å²) in [5.74, 6) is 0.245. The van der Waals surface area contributed by atoms with Crippen LogP contribution in [0.25, 0.3) is 0 Å². The maximum atomic E-state index is 11.7. The monoisotopic (exact) mass is 279 g/mol. The lowest BCUT2D eigenvalue weighted by Gasteiger charge is -2.17. The van der Waals surface area contributed by atoms with Gasteiger partial charge < -0.3 is 20.7 Å². The van der Waals surface area contributed by atoms with Gasteiger partial charge in [-0.1, -0.05) is 17.7 Å². The maximum Gasteiger partial charge on any atom is 0.241 e. The van der Waals surface area contributed by atoms with Crippen molar-refractivity contribution < 1.29 is 14.3 Å². The molecule has 0 aliphatic rings. The van der Waals surface area contributed by atoms with E-state index >= 15 is 0 Å². The highest BCUT2D eigenvalue weighted by Crippen LogP contribution is 2.10. The normalized spacial score (nSPS) is 9.95. The smallest absolute Gasteiger partial charge is 0.241 e. The molecule has 2 amide bonds. The predicted molar refractivity (Wildman–Crippen MR) is 76.4 cm³/mol. The molecule has 0 radical (unpaired) electrons. The number of aryl methyl sites for hydroxylation is 1. The van der Waals surface area contributed by atoms with E-state index < -0.39 is 0 Å². The second-order valence-electron chi connectivity index (χ2n) is 4.46. The van der Waals surface area contributed by atoms with E-state index in [1.807, 2.05) is 31.2 Å². The third kappa shape index (κ3) is 5.71. The van der Waals surface area contributed by atoms with Crippen molar-refractivity contribution in [3.8, 4) is 5.75 Å². The number of rotatable bonds is 7. The number of likely N-dealkylation sites (N-methyl/N-ethyl adjacent to an activating group) is 1. The van der Waals surface area contributed by atoms with Crippen LogP contribution >= 0.6 is 0 Å². The Kier molecular flexibility index (Phi) is 6.52. The Morgan fingerprint density at radius 2 is 1.95 bits per heavy atom. The number of nitrogens with one attached hydrogen (secondary N) is 1. The first-order valence-electron chi connectivity index (χ1n) is 6.43. The zero-order chi connectivity index (χ0) is 15.0. The highest BCUT2D eigenvalue weighted by molar-refractivity contribution is 5.85. The summed E-state index contributed by atoms with van der Waals surface area (Å²) in [5.41, 5.74) is 6.30. The standard InChI is InChI=1S/C14H21N3O3/c1-11-3-5-12(6-4-11)20-8-7-17(2)14(19)10-16-13(18)9-15/h3-6H,7-10,15H2,1-2H3,(H,16,18). The summed E-state index contributed by atoms with van der Waals surface area (Å²) in [4.78, 5) is 24.1. The first kappa shape index (κ1) is 16.0. The topological polar surface area (TPSA) is 84.7 Å². The fraction of sp³-hybridized carbons (Fsp3) is 0.429. The van der Waals surface area contributed by atoms with Crippen LogP contribution in [-0.2, 0) is 9.59 Å². The van der Waals surface area contributed by atoms with Crippen molar-refractivity contribution in [1.29, 1.82) is 0 Å². The molecule has 0 saturated carbocycles. The zero-order valence-electron chi connectivity index (χ0n) is 11.9. The van der Waals surface area contributed by atoms with E-state index in [-0.39, 0.29) is 24.9 Å². The van der Waals surface area contributed by atoms with Gasteiger partial charge in [0.2, 0.25) is 11.8 Å². The van der Waals surface area contributed by atoms with E-state index in [0.717, 1.165) is 5.75 Å². The molecule has 0 aromatic heterocycles. The molecule has 110 valence electrons. The molecular formula is C14H21N3O3. The van der Waals surface area contributed by atoms with Crippen LogP contribution in [0, 0.1) is 6.92 Å². The van der Waals surface area contributed by atoms with Crippen LogP contribution in [0.15, 0.2) is 24.3 Å². The molecule has 3 N–H and O–H groups in total. The number of hydrogen-bond acceptors (Lipinski definition) is 4. The molecule has 1 aromatic rings. The van der Waals surface area contributed by atoms with Gasteiger partial charge in [0.15, 0.2) is 0 Å². The molecule has 6 nitrogen and oxygen atoms in total. The average molecular weight is 279 g/mol. The van der Waals surface area contributed by atoms with E-state index in [4.69, 9.17) is 10.5 Å². The van der Waals surface area contributed by atoms with Crippen LogP contribution < -0.4 is 15.8 Å². The van der Waals surface area contributed by atoms with E-state index in [9.17, 15) is 9.59 Å². The van der Waals surface area contributed by atoms with Gasteiger partial charge in [0.1, 0.15) is 12.4 Å². The number of ether oxygens (including phenoxy) is 1. The molecule has 0 aliphatic carbocycles. The van der Waals surface area contributed by atoms with Gasteiger partial charge in [-0.05, 0) is 19.1 Å². The zero-order valence-corrected chi connectivity index (χ0v) is 11.9. The highest BCUT2D eigenvalue weighted by atomic mass is 16.5. The number of benzene rings is 1. The van der Waals surface area contributed by atoms with Crippen LogP contribution in [-0.4, -0.2) is 50.0 Å². The van der Waals surface area contributed by atoms with Crippen LogP contribution in [0.4, 0.5) is 0 Å². The van der Waals surface area contributed by atoms with E-state index in [1.54, 1.807) is 7.05 Å². The molecule has 0 spiro atoms. The van der Waals surface area contributed by atoms with E-state index in [0.29, 0.717) is 13.2 Å². The lowest BCUT2D eigenvalue weighted by molar-refractivity contribution is -0.131. The minimum Gasteiger partial charge on any atom is -0.492 e. The fourth-order valence-corrected chi connectivity index (χ4v) is 1.44. The fourth-order valence-electron chi connectivity index (χ4n) is 1.44. The summed E-state index contributed by atoms with van der Waals surface area (Å²) in [5, 5.41) is 2.43. The SMILES string of the molecule is Cc1ccc(OCCN(C)C(=O)CNC(=O)CN)cc1. The van der Waals surface area contributed by atoms with Crippen LogP contribution in [0.1, 0.15) is 5.56 Å². The molecule has 0 unspecified atom stereocenters. The summed E-state index contributed by atoms with van der Waals surface area (Å²) >= 11 is 0. The van der Waals surface area contributed by atoms with Crippen molar-refractivity contribution in [3.63, 3.8) is 0 Å². The first-order chi connectivity index (χ1) is 9.52. The largest absolute Gasteiger partial charge is 0.492 e. The summed E-state index contributed by atoms with van der Waals surface area (Å²) in [6, 6.07) is 7.70. The number of hydrogen-bond donors (Lipinski definition) is 2. The van der Waals surface area contributed by atoms with Gasteiger partial charge in [0.25, 0.3) is 0 Å². The molecule has 0 bridgehead atoms. The first-order valence-corrected chi connectivity index (χ1v) is 6.43. The lowest BCUT2D eigenvalue weighted by Crippen LogP contribution is -2.41. The molecule has 0 saturated heterocycles. The Labute approximate surface area is 118 Å². The molecule has 0 atom stereocenters. The number of carbonyl (C=O) groups is 2. The van der Waals surface area contributed by atoms with Gasteiger partial charge in [-0.2, -0.15) is 0 Å². The van der Waals surface area contributed by atoms with Crippen molar-refractivity contribution in [2.75, 3.05) is 33.3 Å². The van der Waals surface area contributed by atoms with Gasteiger partial charge in [0, 0.05) is 7.05 Å². The molecule has 0 aliphatic heterocycles. The van der Waals surface area contributed by atoms with Gasteiger partial charge in [-0.3, -0.25) is 9.59 Å². The predicted octanol–water partition coefficient (Wildman–Crippen LogP) is -0.0929. The summed E-state index contributed by atoms with van der Waals surface area (Å²) in [7, 11) is 1.66. The quantitative estimate of drug-likeness (QED) is 0.730. The summed E-state index contributed by atoms with van der Waals surface area (Å²) < 4.78 is 5.53. The number of nitrogens with zero attached hydrogens (tertiary/aromatic N) is 1. The number of nitrogens with two attached hydrogens (primary N) is 1. The third-order valence-corrected chi connectivity index (χ3v) is 2.76. The summed E-state index contributed by atoms with van der Waals surface area (Å²) in [6.45, 7) is 2.69. The van der Waals surface area contributed by atoms with Crippen LogP contribution in [0.5, 0.6) is 5.75 Å². The molecule has 6 heteroatoms. The second-order valence-corrected chi connectivity index (χ2v) is 4.46. The van der Waals surface area contributed by atoms with E-state index in [2.05, 4.69) is 5.32 Å². The van der Waals surface area contributed by atoms with Gasteiger partial charge >= 0.3 is 0 Å². The minimum atomic E-state index is -0.345. The van der Waals surface area contributed by atoms with Crippen molar-refractivity contribution >= 4 is 11.8 Å². The Balaban J connectivity index is 2.25. The Hall–Kier alpha value is -2.08. The van der Waals surface area contributed by atoms with Crippen molar-refractivity contribution in [3.05, 3.63) is 29.8 Å². The maximum absolute atomic E-state index is 11.7. The lowest BCUT2D eigenvalue weighted by atomic mass is 10.2. The van der Waals surface area contributed by atoms with Gasteiger partial charge in [0.05, 0.1) is 19.6 Å². The van der Waals surface area contributed by atoms with Gasteiger partial charge in [-0.25, -0.2) is 0 Å². The summed E-state index contributed by atoms with van der Waals surface area (Å²) in [6.07, 6.45) is 0. The van der Waals surface area contributed by atoms with Crippen LogP contribution in [0.2, 0.25) is 0 Å². The molecule has 1 rings (SSSR count). The molecule has 20 heavy (non-hydrogen) atoms. The number of amides is 2. The Morgan fingerprint density at radius 1 is 1.30 bits per heavy atom. The Morgan fingerprint density at radius 3 is 2.55 bits per heavy atom. The molecular weight excluding hydrogens is 258 g/mol. The minimum absolute atomic E-state index is 0.0446. The van der Waals surface area contributed by atoms with Crippen molar-refractivity contribution in [1.82, 2.24) is 10.2 Å². The number of carbonyl (C=O) groups excluding carboxylic acids is 2. The average Bonchev–Trinajstić information content (AvgIpc) is 2.46. The molecule has 0 fully saturated rings. The second kappa shape index (κ2) is 8.16. The Bertz CT molecular complexity index is 445. The highest BCUT2D eigenvalue weighted by Gasteiger charge is 2.09. The van der Waals surface area contributed by atoms with Crippen molar-refractivity contribution in [2.24, 2.45) is 5.73 Å². The third-order valence-electron chi connectivity index (χ3n) is 2.76. The van der Waals surface area contributed by atoms with Crippen molar-refractivity contribution in [2.45, 2.75) is 6.92 Å². The van der Waals surface area contributed by atoms with Gasteiger partial charge in [-0.15, -0.1) is 0 Å². The molecule has 1 aromatic carbocycles.